The molecule has 1 fully saturated rings. The number of benzene rings is 2. The number of amides is 1. The molecular weight excluding hydrogens is 434 g/mol. The van der Waals surface area contributed by atoms with E-state index in [0.717, 1.165) is 45.0 Å². The number of nitrogens with zero attached hydrogens (tertiary/aromatic N) is 3. The van der Waals surface area contributed by atoms with Crippen LogP contribution in [0.15, 0.2) is 60.0 Å². The van der Waals surface area contributed by atoms with Gasteiger partial charge in [-0.15, -0.1) is 11.3 Å². The summed E-state index contributed by atoms with van der Waals surface area (Å²) in [5.41, 5.74) is 4.46. The highest BCUT2D eigenvalue weighted by molar-refractivity contribution is 7.17. The lowest BCUT2D eigenvalue weighted by atomic mass is 10.1. The van der Waals surface area contributed by atoms with E-state index in [4.69, 9.17) is 14.7 Å². The number of hydrogen-bond donors (Lipinski definition) is 2. The molecule has 2 aromatic heterocycles. The van der Waals surface area contributed by atoms with E-state index in [1.165, 1.54) is 0 Å². The maximum absolute atomic E-state index is 11.7. The van der Waals surface area contributed by atoms with E-state index in [1.807, 2.05) is 18.2 Å². The molecule has 8 heteroatoms. The highest BCUT2D eigenvalue weighted by Crippen LogP contribution is 2.37. The second kappa shape index (κ2) is 9.56. The number of ether oxygens (including phenoxy) is 1. The molecule has 3 heterocycles. The van der Waals surface area contributed by atoms with Gasteiger partial charge in [-0.05, 0) is 23.3 Å². The normalized spacial score (nSPS) is 13.8. The van der Waals surface area contributed by atoms with Gasteiger partial charge < -0.3 is 20.3 Å². The molecule has 0 saturated carbocycles. The first-order valence-electron chi connectivity index (χ1n) is 10.9. The zero-order valence-electron chi connectivity index (χ0n) is 18.4. The SMILES string of the molecule is COCc1nc(NCc2ccc(N3CCNC(=O)C3)cc2)c2c(-c3ccccc3)csc2n1. The number of hydrogen-bond acceptors (Lipinski definition) is 7. The number of fused-ring (bicyclic) bond motifs is 1. The van der Waals surface area contributed by atoms with Gasteiger partial charge in [-0.2, -0.15) is 0 Å². The predicted molar refractivity (Wildman–Crippen MR) is 133 cm³/mol. The zero-order chi connectivity index (χ0) is 22.6. The average molecular weight is 460 g/mol. The van der Waals surface area contributed by atoms with Crippen molar-refractivity contribution in [2.24, 2.45) is 0 Å². The van der Waals surface area contributed by atoms with Gasteiger partial charge in [0.05, 0.1) is 11.9 Å². The molecule has 1 aliphatic heterocycles. The van der Waals surface area contributed by atoms with Crippen LogP contribution in [0.5, 0.6) is 0 Å². The fourth-order valence-electron chi connectivity index (χ4n) is 4.01. The van der Waals surface area contributed by atoms with E-state index in [9.17, 15) is 4.79 Å². The van der Waals surface area contributed by atoms with Crippen molar-refractivity contribution >= 4 is 39.0 Å². The van der Waals surface area contributed by atoms with E-state index in [2.05, 4.69) is 57.3 Å². The fraction of sp³-hybridized carbons (Fsp3) is 0.240. The van der Waals surface area contributed by atoms with Crippen molar-refractivity contribution in [3.8, 4) is 11.1 Å². The molecule has 33 heavy (non-hydrogen) atoms. The summed E-state index contributed by atoms with van der Waals surface area (Å²) in [5.74, 6) is 1.54. The van der Waals surface area contributed by atoms with Crippen LogP contribution < -0.4 is 15.5 Å². The van der Waals surface area contributed by atoms with Crippen molar-refractivity contribution in [2.45, 2.75) is 13.2 Å². The van der Waals surface area contributed by atoms with Crippen LogP contribution in [0.25, 0.3) is 21.3 Å². The third kappa shape index (κ3) is 4.67. The van der Waals surface area contributed by atoms with E-state index >= 15 is 0 Å². The third-order valence-electron chi connectivity index (χ3n) is 5.64. The van der Waals surface area contributed by atoms with Gasteiger partial charge in [0, 0.05) is 43.4 Å². The summed E-state index contributed by atoms with van der Waals surface area (Å²) in [4.78, 5) is 24.2. The lowest BCUT2D eigenvalue weighted by Gasteiger charge is -2.28. The number of rotatable bonds is 7. The second-order valence-electron chi connectivity index (χ2n) is 7.91. The van der Waals surface area contributed by atoms with E-state index in [0.29, 0.717) is 32.1 Å². The number of carbonyl (C=O) groups excluding carboxylic acids is 1. The van der Waals surface area contributed by atoms with Crippen LogP contribution >= 0.6 is 11.3 Å². The first kappa shape index (κ1) is 21.4. The predicted octanol–water partition coefficient (Wildman–Crippen LogP) is 4.05. The number of aromatic nitrogens is 2. The van der Waals surface area contributed by atoms with Gasteiger partial charge in [-0.3, -0.25) is 4.79 Å². The first-order chi connectivity index (χ1) is 16.2. The number of methoxy groups -OCH3 is 1. The Morgan fingerprint density at radius 3 is 2.70 bits per heavy atom. The molecular formula is C25H25N5O2S. The Labute approximate surface area is 196 Å². The highest BCUT2D eigenvalue weighted by atomic mass is 32.1. The van der Waals surface area contributed by atoms with Crippen molar-refractivity contribution < 1.29 is 9.53 Å². The Balaban J connectivity index is 1.40. The summed E-state index contributed by atoms with van der Waals surface area (Å²) in [5, 5.41) is 9.56. The summed E-state index contributed by atoms with van der Waals surface area (Å²) < 4.78 is 5.28. The lowest BCUT2D eigenvalue weighted by Crippen LogP contribution is -2.47. The minimum Gasteiger partial charge on any atom is -0.377 e. The molecule has 0 radical (unpaired) electrons. The largest absolute Gasteiger partial charge is 0.377 e. The zero-order valence-corrected chi connectivity index (χ0v) is 19.2. The Bertz CT molecular complexity index is 1260. The third-order valence-corrected chi connectivity index (χ3v) is 6.51. The molecule has 0 atom stereocenters. The quantitative estimate of drug-likeness (QED) is 0.434. The molecule has 0 unspecified atom stereocenters. The van der Waals surface area contributed by atoms with Gasteiger partial charge in [0.25, 0.3) is 0 Å². The number of anilines is 2. The monoisotopic (exact) mass is 459 g/mol. The highest BCUT2D eigenvalue weighted by Gasteiger charge is 2.17. The molecule has 0 aliphatic carbocycles. The van der Waals surface area contributed by atoms with Crippen molar-refractivity contribution in [1.82, 2.24) is 15.3 Å². The molecule has 7 nitrogen and oxygen atoms in total. The standard InChI is InChI=1S/C25H25N5O2S/c1-32-15-21-28-24(23-20(16-33-25(23)29-21)18-5-3-2-4-6-18)27-13-17-7-9-19(10-8-17)30-12-11-26-22(31)14-30/h2-10,16H,11-15H2,1H3,(H,26,31)(H,27,28,29). The minimum atomic E-state index is 0.0663. The molecule has 168 valence electrons. The van der Waals surface area contributed by atoms with Crippen molar-refractivity contribution in [1.29, 1.82) is 0 Å². The molecule has 1 amide bonds. The molecule has 0 spiro atoms. The Morgan fingerprint density at radius 1 is 1.12 bits per heavy atom. The van der Waals surface area contributed by atoms with Crippen LogP contribution in [0.2, 0.25) is 0 Å². The maximum atomic E-state index is 11.7. The van der Waals surface area contributed by atoms with Crippen molar-refractivity contribution in [3.63, 3.8) is 0 Å². The van der Waals surface area contributed by atoms with Crippen molar-refractivity contribution in [2.75, 3.05) is 37.0 Å². The van der Waals surface area contributed by atoms with Crippen molar-refractivity contribution in [3.05, 3.63) is 71.4 Å². The van der Waals surface area contributed by atoms with Gasteiger partial charge in [0.15, 0.2) is 5.82 Å². The molecule has 4 aromatic rings. The number of piperazine rings is 1. The summed E-state index contributed by atoms with van der Waals surface area (Å²) >= 11 is 1.62. The molecule has 1 saturated heterocycles. The van der Waals surface area contributed by atoms with Crippen LogP contribution in [-0.2, 0) is 22.7 Å². The maximum Gasteiger partial charge on any atom is 0.239 e. The Kier molecular flexibility index (Phi) is 6.19. The van der Waals surface area contributed by atoms with Crippen LogP contribution in [0, 0.1) is 0 Å². The molecule has 0 bridgehead atoms. The molecule has 1 aliphatic rings. The van der Waals surface area contributed by atoms with Crippen LogP contribution in [0.3, 0.4) is 0 Å². The lowest BCUT2D eigenvalue weighted by molar-refractivity contribution is -0.120. The first-order valence-corrected chi connectivity index (χ1v) is 11.8. The minimum absolute atomic E-state index is 0.0663. The Hall–Kier alpha value is -3.49. The number of nitrogens with one attached hydrogen (secondary N) is 2. The smallest absolute Gasteiger partial charge is 0.239 e. The van der Waals surface area contributed by atoms with E-state index < -0.39 is 0 Å². The molecule has 2 N–H and O–H groups in total. The summed E-state index contributed by atoms with van der Waals surface area (Å²) in [6.07, 6.45) is 0. The topological polar surface area (TPSA) is 79.4 Å². The van der Waals surface area contributed by atoms with E-state index in [-0.39, 0.29) is 5.91 Å². The summed E-state index contributed by atoms with van der Waals surface area (Å²) in [6.45, 7) is 2.90. The number of thiophene rings is 1. The van der Waals surface area contributed by atoms with Gasteiger partial charge in [-0.25, -0.2) is 9.97 Å². The van der Waals surface area contributed by atoms with Crippen LogP contribution in [0.1, 0.15) is 11.4 Å². The number of carbonyl (C=O) groups is 1. The molecule has 2 aromatic carbocycles. The average Bonchev–Trinajstić information content (AvgIpc) is 3.28. The summed E-state index contributed by atoms with van der Waals surface area (Å²) in [6, 6.07) is 18.6. The molecule has 5 rings (SSSR count). The van der Waals surface area contributed by atoms with Gasteiger partial charge in [0.2, 0.25) is 5.91 Å². The fourth-order valence-corrected chi connectivity index (χ4v) is 4.97. The second-order valence-corrected chi connectivity index (χ2v) is 8.77. The van der Waals surface area contributed by atoms with E-state index in [1.54, 1.807) is 18.4 Å². The Morgan fingerprint density at radius 2 is 1.94 bits per heavy atom. The summed E-state index contributed by atoms with van der Waals surface area (Å²) in [7, 11) is 1.65. The van der Waals surface area contributed by atoms with Crippen LogP contribution in [-0.4, -0.2) is 42.6 Å². The van der Waals surface area contributed by atoms with Gasteiger partial charge >= 0.3 is 0 Å². The van der Waals surface area contributed by atoms with Crippen LogP contribution in [0.4, 0.5) is 11.5 Å². The van der Waals surface area contributed by atoms with Gasteiger partial charge in [0.1, 0.15) is 17.3 Å². The van der Waals surface area contributed by atoms with Gasteiger partial charge in [-0.1, -0.05) is 42.5 Å².